The second-order valence-corrected chi connectivity index (χ2v) is 32.2. The van der Waals surface area contributed by atoms with Gasteiger partial charge in [0, 0.05) is 0 Å². The van der Waals surface area contributed by atoms with Gasteiger partial charge in [-0.2, -0.15) is 0 Å². The molecule has 0 N–H and O–H groups in total. The molecule has 1 aliphatic rings. The van der Waals surface area contributed by atoms with E-state index in [-0.39, 0.29) is 6.10 Å². The third kappa shape index (κ3) is 15.0. The van der Waals surface area contributed by atoms with E-state index >= 15 is 0 Å². The summed E-state index contributed by atoms with van der Waals surface area (Å²) in [5.41, 5.74) is 0. The molecule has 0 aromatic heterocycles. The molecule has 0 saturated carbocycles. The molecule has 0 aromatic rings. The maximum absolute atomic E-state index is 6.95. The first-order valence-corrected chi connectivity index (χ1v) is 26.6. The summed E-state index contributed by atoms with van der Waals surface area (Å²) in [6, 6.07) is 1.30. The van der Waals surface area contributed by atoms with Crippen molar-refractivity contribution in [3.63, 3.8) is 0 Å². The normalized spacial score (nSPS) is 19.6. The Morgan fingerprint density at radius 1 is 0.914 bits per heavy atom. The molecule has 0 bridgehead atoms. The quantitative estimate of drug-likeness (QED) is 0.0729. The number of allylic oxidation sites excluding steroid dienone is 2. The topological polar surface area (TPSA) is 27.7 Å². The molecule has 1 aliphatic heterocycles. The summed E-state index contributed by atoms with van der Waals surface area (Å²) in [5, 5.41) is 0. The van der Waals surface area contributed by atoms with E-state index in [4.69, 9.17) is 14.2 Å². The summed E-state index contributed by atoms with van der Waals surface area (Å²) in [7, 11) is -0.971. The second-order valence-electron chi connectivity index (χ2n) is 12.8. The van der Waals surface area contributed by atoms with Gasteiger partial charge in [-0.05, 0) is 0 Å². The summed E-state index contributed by atoms with van der Waals surface area (Å²) in [4.78, 5) is 0. The van der Waals surface area contributed by atoms with Gasteiger partial charge < -0.3 is 0 Å². The molecule has 0 spiro atoms. The third-order valence-electron chi connectivity index (χ3n) is 7.56. The summed E-state index contributed by atoms with van der Waals surface area (Å²) in [6.07, 6.45) is 19.2. The molecule has 1 saturated heterocycles. The van der Waals surface area contributed by atoms with E-state index in [9.17, 15) is 0 Å². The summed E-state index contributed by atoms with van der Waals surface area (Å²) in [6.45, 7) is 20.2. The molecule has 2 atom stereocenters. The first kappa shape index (κ1) is 33.7. The average Bonchev–Trinajstić information content (AvgIpc) is 3.14. The van der Waals surface area contributed by atoms with E-state index in [1.54, 1.807) is 0 Å². The third-order valence-corrected chi connectivity index (χ3v) is 25.8. The van der Waals surface area contributed by atoms with Gasteiger partial charge in [0.25, 0.3) is 0 Å². The van der Waals surface area contributed by atoms with Gasteiger partial charge in [-0.1, -0.05) is 0 Å². The molecule has 0 aromatic carbocycles. The predicted octanol–water partition coefficient (Wildman–Crippen LogP) is 9.76. The molecular weight excluding hydrogens is 555 g/mol. The number of hydrogen-bond acceptors (Lipinski definition) is 3. The first-order chi connectivity index (χ1) is 16.6. The fourth-order valence-corrected chi connectivity index (χ4v) is 23.9. The van der Waals surface area contributed by atoms with E-state index in [1.807, 2.05) is 13.8 Å². The molecule has 5 heteroatoms. The molecule has 0 aliphatic carbocycles. The van der Waals surface area contributed by atoms with Crippen molar-refractivity contribution in [1.82, 2.24) is 0 Å². The molecular formula is C30H62O3SiSn. The van der Waals surface area contributed by atoms with Crippen LogP contribution < -0.4 is 0 Å². The van der Waals surface area contributed by atoms with Gasteiger partial charge in [0.2, 0.25) is 0 Å². The van der Waals surface area contributed by atoms with Crippen LogP contribution in [0, 0.1) is 0 Å². The number of rotatable bonds is 21. The van der Waals surface area contributed by atoms with Crippen LogP contribution >= 0.6 is 0 Å². The molecule has 3 nitrogen and oxygen atoms in total. The Morgan fingerprint density at radius 2 is 1.51 bits per heavy atom. The van der Waals surface area contributed by atoms with E-state index in [0.29, 0.717) is 4.12 Å². The maximum atomic E-state index is 6.95. The average molecular weight is 618 g/mol. The van der Waals surface area contributed by atoms with Crippen LogP contribution in [0.25, 0.3) is 0 Å². The van der Waals surface area contributed by atoms with E-state index in [1.165, 1.54) is 83.6 Å². The van der Waals surface area contributed by atoms with Crippen LogP contribution in [0.5, 0.6) is 0 Å². The van der Waals surface area contributed by atoms with Crippen LogP contribution in [0.15, 0.2) is 12.2 Å². The molecule has 35 heavy (non-hydrogen) atoms. The van der Waals surface area contributed by atoms with E-state index < -0.39 is 32.2 Å². The minimum atomic E-state index is -2.44. The Bertz CT molecular complexity index is 537. The van der Waals surface area contributed by atoms with Crippen LogP contribution in [-0.4, -0.2) is 55.7 Å². The van der Waals surface area contributed by atoms with Gasteiger partial charge in [0.05, 0.1) is 0 Å². The Labute approximate surface area is 225 Å². The Morgan fingerprint density at radius 3 is 2.00 bits per heavy atom. The standard InChI is InChI=1S/C18H35O3Si.3C4H9.Sn/c1-18(2)20-16-17(21-18)12-8-10-14-19-13-9-6-7-11-15-22(3,4)5;3*1-3-4-2;/h7,11,14,17H,6,8-10,12-13,15-16H2,1-5H3;3*1,3-4H2,2H3;/b11-7-;;;;. The van der Waals surface area contributed by atoms with Crippen LogP contribution in [0.3, 0.4) is 0 Å². The van der Waals surface area contributed by atoms with Gasteiger partial charge in [0.15, 0.2) is 0 Å². The molecule has 2 unspecified atom stereocenters. The zero-order chi connectivity index (χ0) is 26.2. The Kier molecular flexibility index (Phi) is 17.3. The van der Waals surface area contributed by atoms with Crippen LogP contribution in [0.4, 0.5) is 0 Å². The Hall–Kier alpha value is 0.636. The monoisotopic (exact) mass is 618 g/mol. The summed E-state index contributed by atoms with van der Waals surface area (Å²) >= 11 is -2.44. The fourth-order valence-electron chi connectivity index (χ4n) is 5.43. The van der Waals surface area contributed by atoms with Crippen LogP contribution in [0.1, 0.15) is 105 Å². The molecule has 0 radical (unpaired) electrons. The zero-order valence-electron chi connectivity index (χ0n) is 25.1. The van der Waals surface area contributed by atoms with Crippen molar-refractivity contribution in [3.8, 4) is 0 Å². The van der Waals surface area contributed by atoms with Crippen molar-refractivity contribution in [1.29, 1.82) is 0 Å². The summed E-state index contributed by atoms with van der Waals surface area (Å²) < 4.78 is 24.1. The van der Waals surface area contributed by atoms with Gasteiger partial charge in [-0.25, -0.2) is 0 Å². The molecule has 1 rings (SSSR count). The molecule has 0 amide bonds. The van der Waals surface area contributed by atoms with Gasteiger partial charge in [0.1, 0.15) is 0 Å². The van der Waals surface area contributed by atoms with Crippen LogP contribution in [0.2, 0.25) is 39.0 Å². The van der Waals surface area contributed by atoms with Crippen molar-refractivity contribution >= 4 is 26.5 Å². The van der Waals surface area contributed by atoms with Gasteiger partial charge >= 0.3 is 226 Å². The first-order valence-electron chi connectivity index (χ1n) is 15.2. The van der Waals surface area contributed by atoms with Crippen molar-refractivity contribution < 1.29 is 14.2 Å². The van der Waals surface area contributed by atoms with E-state index in [0.717, 1.165) is 19.6 Å². The van der Waals surface area contributed by atoms with Gasteiger partial charge in [-0.3, -0.25) is 0 Å². The van der Waals surface area contributed by atoms with Crippen molar-refractivity contribution in [3.05, 3.63) is 12.2 Å². The molecule has 1 heterocycles. The van der Waals surface area contributed by atoms with Crippen molar-refractivity contribution in [2.45, 2.75) is 160 Å². The van der Waals surface area contributed by atoms with Crippen molar-refractivity contribution in [2.75, 3.05) is 13.2 Å². The van der Waals surface area contributed by atoms with Crippen molar-refractivity contribution in [2.24, 2.45) is 0 Å². The minimum absolute atomic E-state index is 0.258. The Balaban J connectivity index is 2.82. The SMILES string of the molecule is CCC[CH2][Sn]([CH2]CCC)([CH2]CCC)[CH](CCCC1COC(C)(C)O1)OCCC/C=C\C[Si](C)(C)C. The summed E-state index contributed by atoms with van der Waals surface area (Å²) in [5.74, 6) is -0.407. The number of ether oxygens (including phenoxy) is 3. The molecule has 1 fully saturated rings. The molecule has 208 valence electrons. The fraction of sp³-hybridized carbons (Fsp3) is 0.933. The second kappa shape index (κ2) is 18.0. The predicted molar refractivity (Wildman–Crippen MR) is 160 cm³/mol. The van der Waals surface area contributed by atoms with Crippen LogP contribution in [-0.2, 0) is 14.2 Å². The number of unbranched alkanes of at least 4 members (excludes halogenated alkanes) is 4. The van der Waals surface area contributed by atoms with Gasteiger partial charge in [-0.15, -0.1) is 0 Å². The van der Waals surface area contributed by atoms with E-state index in [2.05, 4.69) is 52.6 Å². The number of hydrogen-bond donors (Lipinski definition) is 0. The zero-order valence-corrected chi connectivity index (χ0v) is 28.9.